The maximum absolute atomic E-state index is 6.44. The van der Waals surface area contributed by atoms with Crippen LogP contribution < -0.4 is 0 Å². The Morgan fingerprint density at radius 1 is 0.960 bits per heavy atom. The standard InChI is InChI=1S/C23H28OSi/c1-23(2,18-12-17-20-13-8-6-9-14-20)22(24-25(3,4)5)19-21-15-10-7-11-16-21/h6-11,13-16,19H,18H2,1-5H3/b22-19+. The molecule has 0 radical (unpaired) electrons. The van der Waals surface area contributed by atoms with E-state index < -0.39 is 8.32 Å². The van der Waals surface area contributed by atoms with Gasteiger partial charge in [-0.15, -0.1) is 0 Å². The van der Waals surface area contributed by atoms with Crippen molar-refractivity contribution in [2.24, 2.45) is 5.41 Å². The van der Waals surface area contributed by atoms with Gasteiger partial charge in [0, 0.05) is 17.4 Å². The average molecular weight is 349 g/mol. The molecule has 1 nitrogen and oxygen atoms in total. The van der Waals surface area contributed by atoms with Gasteiger partial charge in [-0.2, -0.15) is 0 Å². The van der Waals surface area contributed by atoms with Crippen molar-refractivity contribution in [3.63, 3.8) is 0 Å². The van der Waals surface area contributed by atoms with Crippen LogP contribution in [0.3, 0.4) is 0 Å². The van der Waals surface area contributed by atoms with Crippen LogP contribution >= 0.6 is 0 Å². The Morgan fingerprint density at radius 3 is 2.08 bits per heavy atom. The highest BCUT2D eigenvalue weighted by Gasteiger charge is 2.28. The Hall–Kier alpha value is -2.24. The zero-order valence-electron chi connectivity index (χ0n) is 16.0. The summed E-state index contributed by atoms with van der Waals surface area (Å²) in [4.78, 5) is 0. The zero-order valence-corrected chi connectivity index (χ0v) is 17.0. The summed E-state index contributed by atoms with van der Waals surface area (Å²) in [6, 6.07) is 20.5. The van der Waals surface area contributed by atoms with E-state index in [2.05, 4.69) is 75.7 Å². The molecule has 0 spiro atoms. The second-order valence-electron chi connectivity index (χ2n) is 7.86. The molecule has 0 fully saturated rings. The maximum Gasteiger partial charge on any atom is 0.241 e. The molecule has 2 aromatic rings. The molecule has 0 N–H and O–H groups in total. The van der Waals surface area contributed by atoms with Crippen molar-refractivity contribution in [3.05, 3.63) is 77.5 Å². The predicted molar refractivity (Wildman–Crippen MR) is 111 cm³/mol. The van der Waals surface area contributed by atoms with Gasteiger partial charge in [0.1, 0.15) is 0 Å². The average Bonchev–Trinajstić information content (AvgIpc) is 2.55. The summed E-state index contributed by atoms with van der Waals surface area (Å²) in [6.45, 7) is 11.1. The van der Waals surface area contributed by atoms with Crippen LogP contribution in [0.1, 0.15) is 31.4 Å². The van der Waals surface area contributed by atoms with E-state index in [1.54, 1.807) is 0 Å². The SMILES string of the molecule is CC(C)(CC#Cc1ccccc1)/C(=C\c1ccccc1)O[Si](C)(C)C. The van der Waals surface area contributed by atoms with Gasteiger partial charge in [-0.25, -0.2) is 0 Å². The molecule has 0 aliphatic rings. The molecule has 0 unspecified atom stereocenters. The summed E-state index contributed by atoms with van der Waals surface area (Å²) < 4.78 is 6.44. The van der Waals surface area contributed by atoms with Crippen molar-refractivity contribution in [2.75, 3.05) is 0 Å². The van der Waals surface area contributed by atoms with Crippen LogP contribution in [-0.4, -0.2) is 8.32 Å². The molecule has 0 bridgehead atoms. The van der Waals surface area contributed by atoms with Crippen LogP contribution in [0.4, 0.5) is 0 Å². The van der Waals surface area contributed by atoms with E-state index in [1.807, 2.05) is 36.4 Å². The molecule has 0 saturated carbocycles. The van der Waals surface area contributed by atoms with E-state index >= 15 is 0 Å². The van der Waals surface area contributed by atoms with Crippen molar-refractivity contribution in [3.8, 4) is 11.8 Å². The molecule has 0 aliphatic carbocycles. The molecule has 130 valence electrons. The molecule has 0 aliphatic heterocycles. The fourth-order valence-corrected chi connectivity index (χ4v) is 3.36. The Bertz CT molecular complexity index is 756. The van der Waals surface area contributed by atoms with Crippen LogP contribution in [0.15, 0.2) is 66.4 Å². The van der Waals surface area contributed by atoms with Crippen LogP contribution in [0.2, 0.25) is 19.6 Å². The first kappa shape index (κ1) is 19.1. The predicted octanol–water partition coefficient (Wildman–Crippen LogP) is 6.35. The summed E-state index contributed by atoms with van der Waals surface area (Å²) in [5, 5.41) is 0. The lowest BCUT2D eigenvalue weighted by atomic mass is 9.86. The van der Waals surface area contributed by atoms with Gasteiger partial charge in [-0.1, -0.05) is 74.2 Å². The number of rotatable bonds is 5. The van der Waals surface area contributed by atoms with E-state index in [9.17, 15) is 0 Å². The number of hydrogen-bond donors (Lipinski definition) is 0. The van der Waals surface area contributed by atoms with Crippen LogP contribution in [0.5, 0.6) is 0 Å². The summed E-state index contributed by atoms with van der Waals surface area (Å²) in [6.07, 6.45) is 2.92. The van der Waals surface area contributed by atoms with E-state index in [1.165, 1.54) is 5.56 Å². The zero-order chi connectivity index (χ0) is 18.3. The Balaban J connectivity index is 2.25. The molecular formula is C23H28OSi. The number of hydrogen-bond acceptors (Lipinski definition) is 1. The summed E-state index contributed by atoms with van der Waals surface area (Å²) in [5.74, 6) is 7.63. The van der Waals surface area contributed by atoms with Crippen molar-refractivity contribution in [1.82, 2.24) is 0 Å². The van der Waals surface area contributed by atoms with Gasteiger partial charge in [0.05, 0.1) is 5.76 Å². The molecule has 0 atom stereocenters. The number of allylic oxidation sites excluding steroid dienone is 1. The topological polar surface area (TPSA) is 9.23 Å². The third-order valence-electron chi connectivity index (χ3n) is 3.72. The number of benzene rings is 2. The van der Waals surface area contributed by atoms with Gasteiger partial charge >= 0.3 is 0 Å². The Kier molecular flexibility index (Phi) is 6.28. The van der Waals surface area contributed by atoms with Crippen LogP contribution in [0.25, 0.3) is 6.08 Å². The second kappa shape index (κ2) is 8.23. The first-order chi connectivity index (χ1) is 11.8. The van der Waals surface area contributed by atoms with Gasteiger partial charge in [-0.3, -0.25) is 0 Å². The molecule has 25 heavy (non-hydrogen) atoms. The van der Waals surface area contributed by atoms with E-state index in [0.29, 0.717) is 0 Å². The van der Waals surface area contributed by atoms with E-state index in [4.69, 9.17) is 4.43 Å². The fourth-order valence-electron chi connectivity index (χ4n) is 2.37. The monoisotopic (exact) mass is 348 g/mol. The van der Waals surface area contributed by atoms with Crippen LogP contribution in [0, 0.1) is 17.3 Å². The molecule has 2 rings (SSSR count). The maximum atomic E-state index is 6.44. The molecule has 2 aromatic carbocycles. The first-order valence-electron chi connectivity index (χ1n) is 8.76. The third-order valence-corrected chi connectivity index (χ3v) is 4.55. The highest BCUT2D eigenvalue weighted by Crippen LogP contribution is 2.34. The quantitative estimate of drug-likeness (QED) is 0.348. The van der Waals surface area contributed by atoms with Gasteiger partial charge in [-0.05, 0) is 43.4 Å². The van der Waals surface area contributed by atoms with E-state index in [-0.39, 0.29) is 5.41 Å². The molecule has 0 saturated heterocycles. The largest absolute Gasteiger partial charge is 0.547 e. The smallest absolute Gasteiger partial charge is 0.241 e. The minimum absolute atomic E-state index is 0.141. The van der Waals surface area contributed by atoms with Crippen molar-refractivity contribution >= 4 is 14.4 Å². The molecule has 2 heteroatoms. The summed E-state index contributed by atoms with van der Waals surface area (Å²) >= 11 is 0. The lowest BCUT2D eigenvalue weighted by Gasteiger charge is -2.32. The van der Waals surface area contributed by atoms with Gasteiger partial charge < -0.3 is 4.43 Å². The van der Waals surface area contributed by atoms with Gasteiger partial charge in [0.2, 0.25) is 8.32 Å². The first-order valence-corrected chi connectivity index (χ1v) is 12.2. The molecule has 0 heterocycles. The van der Waals surface area contributed by atoms with Crippen molar-refractivity contribution < 1.29 is 4.43 Å². The summed E-state index contributed by atoms with van der Waals surface area (Å²) in [5.41, 5.74) is 2.08. The highest BCUT2D eigenvalue weighted by molar-refractivity contribution is 6.70. The lowest BCUT2D eigenvalue weighted by molar-refractivity contribution is 0.278. The lowest BCUT2D eigenvalue weighted by Crippen LogP contribution is -2.30. The Morgan fingerprint density at radius 2 is 1.52 bits per heavy atom. The minimum Gasteiger partial charge on any atom is -0.547 e. The molecular weight excluding hydrogens is 320 g/mol. The van der Waals surface area contributed by atoms with Gasteiger partial charge in [0.25, 0.3) is 0 Å². The normalized spacial score (nSPS) is 12.3. The highest BCUT2D eigenvalue weighted by atomic mass is 28.4. The van der Waals surface area contributed by atoms with E-state index in [0.717, 1.165) is 17.7 Å². The molecule has 0 amide bonds. The van der Waals surface area contributed by atoms with Crippen molar-refractivity contribution in [1.29, 1.82) is 0 Å². The van der Waals surface area contributed by atoms with Crippen molar-refractivity contribution in [2.45, 2.75) is 39.9 Å². The second-order valence-corrected chi connectivity index (χ2v) is 12.3. The summed E-state index contributed by atoms with van der Waals surface area (Å²) in [7, 11) is -1.70. The molecule has 0 aromatic heterocycles. The minimum atomic E-state index is -1.70. The Labute approximate surface area is 153 Å². The van der Waals surface area contributed by atoms with Crippen LogP contribution in [-0.2, 0) is 4.43 Å². The van der Waals surface area contributed by atoms with Gasteiger partial charge in [0.15, 0.2) is 0 Å². The third kappa shape index (κ3) is 6.64. The fraction of sp³-hybridized carbons (Fsp3) is 0.304.